The summed E-state index contributed by atoms with van der Waals surface area (Å²) in [5, 5.41) is 0. The van der Waals surface area contributed by atoms with E-state index in [0.717, 1.165) is 12.8 Å². The van der Waals surface area contributed by atoms with Crippen LogP contribution in [0.25, 0.3) is 0 Å². The maximum atomic E-state index is 13.3. The zero-order valence-electron chi connectivity index (χ0n) is 19.0. The van der Waals surface area contributed by atoms with Crippen LogP contribution in [0.2, 0.25) is 0 Å². The Balaban J connectivity index is 1.60. The van der Waals surface area contributed by atoms with E-state index in [2.05, 4.69) is 6.92 Å². The van der Waals surface area contributed by atoms with Gasteiger partial charge in [-0.2, -0.15) is 4.31 Å². The Morgan fingerprint density at radius 2 is 1.79 bits per heavy atom. The van der Waals surface area contributed by atoms with Gasteiger partial charge < -0.3 is 9.64 Å². The number of hydrogen-bond acceptors (Lipinski definition) is 5. The third-order valence-corrected chi connectivity index (χ3v) is 7.70. The highest BCUT2D eigenvalue weighted by Crippen LogP contribution is 2.24. The van der Waals surface area contributed by atoms with Crippen LogP contribution in [0.1, 0.15) is 42.6 Å². The van der Waals surface area contributed by atoms with Gasteiger partial charge in [0, 0.05) is 26.7 Å². The first-order valence-electron chi connectivity index (χ1n) is 10.9. The Hall–Kier alpha value is -2.78. The van der Waals surface area contributed by atoms with Crippen LogP contribution in [0.15, 0.2) is 53.4 Å². The van der Waals surface area contributed by atoms with Gasteiger partial charge in [-0.1, -0.05) is 19.1 Å². The van der Waals surface area contributed by atoms with Gasteiger partial charge in [-0.15, -0.1) is 0 Å². The van der Waals surface area contributed by atoms with Gasteiger partial charge in [0.15, 0.2) is 6.10 Å². The molecule has 0 aromatic heterocycles. The van der Waals surface area contributed by atoms with Crippen molar-refractivity contribution in [1.82, 2.24) is 9.21 Å². The van der Waals surface area contributed by atoms with Crippen LogP contribution in [0.3, 0.4) is 0 Å². The average Bonchev–Trinajstić information content (AvgIpc) is 2.78. The van der Waals surface area contributed by atoms with Gasteiger partial charge in [0.05, 0.1) is 10.5 Å². The fourth-order valence-electron chi connectivity index (χ4n) is 3.71. The topological polar surface area (TPSA) is 84.0 Å². The number of amides is 1. The summed E-state index contributed by atoms with van der Waals surface area (Å²) < 4.78 is 45.7. The molecule has 1 amide bonds. The van der Waals surface area contributed by atoms with E-state index in [-0.39, 0.29) is 17.0 Å². The van der Waals surface area contributed by atoms with Gasteiger partial charge in [-0.3, -0.25) is 4.79 Å². The molecule has 0 saturated carbocycles. The quantitative estimate of drug-likeness (QED) is 0.572. The van der Waals surface area contributed by atoms with Crippen molar-refractivity contribution in [3.05, 3.63) is 65.5 Å². The molecule has 1 fully saturated rings. The van der Waals surface area contributed by atoms with E-state index in [1.54, 1.807) is 19.2 Å². The first-order valence-corrected chi connectivity index (χ1v) is 12.3. The maximum Gasteiger partial charge on any atom is 0.338 e. The van der Waals surface area contributed by atoms with Crippen LogP contribution in [-0.2, 0) is 26.1 Å². The molecule has 1 unspecified atom stereocenters. The minimum atomic E-state index is -3.61. The molecule has 0 bridgehead atoms. The number of benzene rings is 2. The Kier molecular flexibility index (Phi) is 7.86. The maximum absolute atomic E-state index is 13.3. The number of sulfonamides is 1. The Morgan fingerprint density at radius 1 is 1.15 bits per heavy atom. The summed E-state index contributed by atoms with van der Waals surface area (Å²) in [7, 11) is -2.07. The lowest BCUT2D eigenvalue weighted by Crippen LogP contribution is -2.38. The Morgan fingerprint density at radius 3 is 2.39 bits per heavy atom. The van der Waals surface area contributed by atoms with Gasteiger partial charge >= 0.3 is 5.97 Å². The lowest BCUT2D eigenvalue weighted by atomic mass is 10.0. The number of likely N-dealkylation sites (N-methyl/N-ethyl adjacent to an activating group) is 1. The van der Waals surface area contributed by atoms with Crippen LogP contribution in [-0.4, -0.2) is 55.7 Å². The molecule has 2 aromatic rings. The molecule has 0 aliphatic carbocycles. The molecule has 1 heterocycles. The molecule has 9 heteroatoms. The largest absolute Gasteiger partial charge is 0.449 e. The highest BCUT2D eigenvalue weighted by molar-refractivity contribution is 7.89. The molecule has 1 aliphatic rings. The molecule has 0 spiro atoms. The summed E-state index contributed by atoms with van der Waals surface area (Å²) in [5.41, 5.74) is 0.762. The third-order valence-electron chi connectivity index (χ3n) is 5.79. The van der Waals surface area contributed by atoms with E-state index in [1.165, 1.54) is 52.5 Å². The smallest absolute Gasteiger partial charge is 0.338 e. The van der Waals surface area contributed by atoms with Crippen molar-refractivity contribution in [3.8, 4) is 0 Å². The molecule has 0 N–H and O–H groups in total. The van der Waals surface area contributed by atoms with Gasteiger partial charge in [0.1, 0.15) is 5.82 Å². The molecule has 1 saturated heterocycles. The SMILES string of the molecule is CC1CCN(S(=O)(=O)c2ccc(C(=O)OC(C)C(=O)N(C)Cc3cccc(F)c3)cc2)CC1. The van der Waals surface area contributed by atoms with Gasteiger partial charge in [-0.05, 0) is 67.6 Å². The summed E-state index contributed by atoms with van der Waals surface area (Å²) in [5.74, 6) is -1.06. The zero-order valence-corrected chi connectivity index (χ0v) is 19.8. The Bertz CT molecular complexity index is 1100. The monoisotopic (exact) mass is 476 g/mol. The normalized spacial score (nSPS) is 16.2. The van der Waals surface area contributed by atoms with Crippen molar-refractivity contribution in [2.75, 3.05) is 20.1 Å². The number of halogens is 1. The number of ether oxygens (including phenoxy) is 1. The van der Waals surface area contributed by atoms with Crippen molar-refractivity contribution in [2.24, 2.45) is 5.92 Å². The number of piperidine rings is 1. The number of esters is 1. The van der Waals surface area contributed by atoms with Crippen molar-refractivity contribution in [1.29, 1.82) is 0 Å². The first kappa shape index (κ1) is 24.9. The second-order valence-corrected chi connectivity index (χ2v) is 10.4. The van der Waals surface area contributed by atoms with E-state index in [4.69, 9.17) is 4.74 Å². The number of carbonyl (C=O) groups excluding carboxylic acids is 2. The molecule has 178 valence electrons. The van der Waals surface area contributed by atoms with Crippen molar-refractivity contribution < 1.29 is 27.1 Å². The number of rotatable bonds is 7. The van der Waals surface area contributed by atoms with Crippen molar-refractivity contribution in [2.45, 2.75) is 44.2 Å². The summed E-state index contributed by atoms with van der Waals surface area (Å²) >= 11 is 0. The summed E-state index contributed by atoms with van der Waals surface area (Å²) in [6, 6.07) is 11.4. The van der Waals surface area contributed by atoms with Crippen LogP contribution < -0.4 is 0 Å². The molecule has 0 radical (unpaired) electrons. The number of carbonyl (C=O) groups is 2. The van der Waals surface area contributed by atoms with E-state index in [0.29, 0.717) is 24.6 Å². The number of hydrogen-bond donors (Lipinski definition) is 0. The van der Waals surface area contributed by atoms with Crippen molar-refractivity contribution >= 4 is 21.9 Å². The highest BCUT2D eigenvalue weighted by atomic mass is 32.2. The van der Waals surface area contributed by atoms with Crippen LogP contribution in [0, 0.1) is 11.7 Å². The summed E-state index contributed by atoms with van der Waals surface area (Å²) in [6.45, 7) is 4.69. The lowest BCUT2D eigenvalue weighted by molar-refractivity contribution is -0.139. The molecule has 3 rings (SSSR count). The zero-order chi connectivity index (χ0) is 24.2. The molecule has 7 nitrogen and oxygen atoms in total. The molecular formula is C24H29FN2O5S. The first-order chi connectivity index (χ1) is 15.6. The fourth-order valence-corrected chi connectivity index (χ4v) is 5.18. The standard InChI is InChI=1S/C24H29FN2O5S/c1-17-11-13-27(14-12-17)33(30,31)22-9-7-20(8-10-22)24(29)32-18(2)23(28)26(3)16-19-5-4-6-21(25)15-19/h4-10,15,17-18H,11-14,16H2,1-3H3. The highest BCUT2D eigenvalue weighted by Gasteiger charge is 2.28. The predicted molar refractivity (Wildman–Crippen MR) is 121 cm³/mol. The molecular weight excluding hydrogens is 447 g/mol. The summed E-state index contributed by atoms with van der Waals surface area (Å²) in [6.07, 6.45) is 0.585. The van der Waals surface area contributed by atoms with Gasteiger partial charge in [0.2, 0.25) is 10.0 Å². The van der Waals surface area contributed by atoms with Crippen molar-refractivity contribution in [3.63, 3.8) is 0 Å². The van der Waals surface area contributed by atoms with E-state index >= 15 is 0 Å². The molecule has 33 heavy (non-hydrogen) atoms. The van der Waals surface area contributed by atoms with Gasteiger partial charge in [0.25, 0.3) is 5.91 Å². The number of nitrogens with zero attached hydrogens (tertiary/aromatic N) is 2. The van der Waals surface area contributed by atoms with Crippen LogP contribution >= 0.6 is 0 Å². The third kappa shape index (κ3) is 6.17. The van der Waals surface area contributed by atoms with E-state index in [1.807, 2.05) is 0 Å². The second kappa shape index (κ2) is 10.4. The predicted octanol–water partition coefficient (Wildman–Crippen LogP) is 3.45. The minimum Gasteiger partial charge on any atom is -0.449 e. The minimum absolute atomic E-state index is 0.118. The molecule has 1 aliphatic heterocycles. The fraction of sp³-hybridized carbons (Fsp3) is 0.417. The summed E-state index contributed by atoms with van der Waals surface area (Å²) in [4.78, 5) is 26.5. The van der Waals surface area contributed by atoms with E-state index in [9.17, 15) is 22.4 Å². The second-order valence-electron chi connectivity index (χ2n) is 8.48. The Labute approximate surface area is 194 Å². The van der Waals surface area contributed by atoms with Crippen LogP contribution in [0.5, 0.6) is 0 Å². The average molecular weight is 477 g/mol. The van der Waals surface area contributed by atoms with Gasteiger partial charge in [-0.25, -0.2) is 17.6 Å². The van der Waals surface area contributed by atoms with Crippen LogP contribution in [0.4, 0.5) is 4.39 Å². The molecule has 2 aromatic carbocycles. The lowest BCUT2D eigenvalue weighted by Gasteiger charge is -2.29. The van der Waals surface area contributed by atoms with E-state index < -0.39 is 33.8 Å². The molecule has 1 atom stereocenters.